The van der Waals surface area contributed by atoms with E-state index in [9.17, 15) is 13.9 Å². The van der Waals surface area contributed by atoms with Crippen LogP contribution in [0.15, 0.2) is 53.5 Å². The number of aromatic amines is 1. The van der Waals surface area contributed by atoms with E-state index in [1.165, 1.54) is 24.4 Å². The van der Waals surface area contributed by atoms with Crippen LogP contribution in [0.5, 0.6) is 5.88 Å². The number of aromatic nitrogens is 1. The largest absolute Gasteiger partial charge is 0.494 e. The first-order valence-electron chi connectivity index (χ1n) is 8.35. The Morgan fingerprint density at radius 2 is 2.00 bits per heavy atom. The van der Waals surface area contributed by atoms with Crippen molar-refractivity contribution in [1.29, 1.82) is 0 Å². The number of benzene rings is 2. The fourth-order valence-corrected chi connectivity index (χ4v) is 3.14. The van der Waals surface area contributed by atoms with E-state index >= 15 is 0 Å². The number of rotatable bonds is 3. The van der Waals surface area contributed by atoms with Crippen molar-refractivity contribution < 1.29 is 13.9 Å². The van der Waals surface area contributed by atoms with Gasteiger partial charge in [0.1, 0.15) is 11.6 Å². The Balaban J connectivity index is 1.62. The molecule has 1 aliphatic rings. The molecule has 4 nitrogen and oxygen atoms in total. The molecule has 0 amide bonds. The molecule has 3 aromatic rings. The van der Waals surface area contributed by atoms with Crippen LogP contribution in [0.25, 0.3) is 10.9 Å². The maximum absolute atomic E-state index is 14.4. The number of nitrogens with zero attached hydrogens (tertiary/aromatic N) is 2. The lowest BCUT2D eigenvalue weighted by Crippen LogP contribution is -2.27. The molecule has 1 aliphatic heterocycles. The van der Waals surface area contributed by atoms with Gasteiger partial charge >= 0.3 is 0 Å². The number of aromatic hydroxyl groups is 1. The maximum Gasteiger partial charge on any atom is 0.198 e. The molecule has 26 heavy (non-hydrogen) atoms. The van der Waals surface area contributed by atoms with Crippen LogP contribution in [0.3, 0.4) is 0 Å². The number of anilines is 1. The Bertz CT molecular complexity index is 1020. The summed E-state index contributed by atoms with van der Waals surface area (Å²) < 4.78 is 27.7. The van der Waals surface area contributed by atoms with Crippen molar-refractivity contribution in [2.45, 2.75) is 6.42 Å². The molecule has 0 atom stereocenters. The minimum atomic E-state index is -0.396. The normalized spacial score (nSPS) is 14.6. The fraction of sp³-hybridized carbons (Fsp3) is 0.150. The van der Waals surface area contributed by atoms with Gasteiger partial charge in [0.15, 0.2) is 5.88 Å². The third-order valence-corrected chi connectivity index (χ3v) is 4.45. The second kappa shape index (κ2) is 6.63. The Morgan fingerprint density at radius 1 is 1.12 bits per heavy atom. The van der Waals surface area contributed by atoms with E-state index in [2.05, 4.69) is 16.1 Å². The molecule has 6 heteroatoms. The van der Waals surface area contributed by atoms with Crippen LogP contribution in [-0.2, 0) is 0 Å². The summed E-state index contributed by atoms with van der Waals surface area (Å²) in [5, 5.41) is 10.7. The van der Waals surface area contributed by atoms with Crippen molar-refractivity contribution in [2.24, 2.45) is 4.99 Å². The lowest BCUT2D eigenvalue weighted by atomic mass is 10.2. The molecule has 0 radical (unpaired) electrons. The summed E-state index contributed by atoms with van der Waals surface area (Å²) >= 11 is 0. The highest BCUT2D eigenvalue weighted by Crippen LogP contribution is 2.28. The lowest BCUT2D eigenvalue weighted by molar-refractivity contribution is 0.457. The van der Waals surface area contributed by atoms with Gasteiger partial charge in [0, 0.05) is 30.8 Å². The van der Waals surface area contributed by atoms with Crippen LogP contribution in [-0.4, -0.2) is 29.4 Å². The highest BCUT2D eigenvalue weighted by molar-refractivity contribution is 6.02. The molecule has 0 fully saturated rings. The Kier molecular flexibility index (Phi) is 4.16. The van der Waals surface area contributed by atoms with Gasteiger partial charge < -0.3 is 15.0 Å². The van der Waals surface area contributed by atoms with Crippen molar-refractivity contribution >= 4 is 28.5 Å². The number of aliphatic imine (C=N–C) groups is 1. The summed E-state index contributed by atoms with van der Waals surface area (Å²) in [5.74, 6) is -0.834. The molecule has 132 valence electrons. The molecular weight excluding hydrogens is 336 g/mol. The molecule has 0 aliphatic carbocycles. The van der Waals surface area contributed by atoms with E-state index in [-0.39, 0.29) is 11.7 Å². The van der Waals surface area contributed by atoms with Gasteiger partial charge in [0.2, 0.25) is 0 Å². The number of fused-ring (bicyclic) bond motifs is 1. The molecule has 0 spiro atoms. The molecule has 1 aromatic heterocycles. The van der Waals surface area contributed by atoms with Gasteiger partial charge in [-0.3, -0.25) is 4.99 Å². The van der Waals surface area contributed by atoms with Gasteiger partial charge in [-0.05, 0) is 36.8 Å². The van der Waals surface area contributed by atoms with Crippen LogP contribution in [0.2, 0.25) is 0 Å². The van der Waals surface area contributed by atoms with E-state index < -0.39 is 5.82 Å². The van der Waals surface area contributed by atoms with E-state index in [1.807, 2.05) is 11.0 Å². The van der Waals surface area contributed by atoms with Crippen molar-refractivity contribution in [3.63, 3.8) is 0 Å². The minimum Gasteiger partial charge on any atom is -0.494 e. The predicted molar refractivity (Wildman–Crippen MR) is 99.5 cm³/mol. The number of H-pyrrole nitrogens is 1. The first-order chi connectivity index (χ1) is 12.6. The predicted octanol–water partition coefficient (Wildman–Crippen LogP) is 4.67. The molecule has 2 aromatic carbocycles. The second-order valence-electron chi connectivity index (χ2n) is 6.18. The second-order valence-corrected chi connectivity index (χ2v) is 6.18. The van der Waals surface area contributed by atoms with E-state index in [0.29, 0.717) is 34.4 Å². The lowest BCUT2D eigenvalue weighted by Gasteiger charge is -2.25. The molecule has 2 heterocycles. The summed E-state index contributed by atoms with van der Waals surface area (Å²) in [7, 11) is 0. The van der Waals surface area contributed by atoms with Gasteiger partial charge in [0.05, 0.1) is 22.5 Å². The molecule has 4 rings (SSSR count). The van der Waals surface area contributed by atoms with Gasteiger partial charge in [-0.1, -0.05) is 12.2 Å². The molecule has 0 saturated heterocycles. The monoisotopic (exact) mass is 353 g/mol. The Morgan fingerprint density at radius 3 is 2.77 bits per heavy atom. The number of halogens is 2. The van der Waals surface area contributed by atoms with Crippen LogP contribution in [0, 0.1) is 11.6 Å². The Labute approximate surface area is 149 Å². The molecule has 0 saturated carbocycles. The van der Waals surface area contributed by atoms with Gasteiger partial charge in [-0.25, -0.2) is 8.78 Å². The van der Waals surface area contributed by atoms with E-state index in [0.717, 1.165) is 13.0 Å². The average molecular weight is 353 g/mol. The van der Waals surface area contributed by atoms with Crippen molar-refractivity contribution in [2.75, 3.05) is 18.0 Å². The summed E-state index contributed by atoms with van der Waals surface area (Å²) in [5.41, 5.74) is 1.91. The van der Waals surface area contributed by atoms with Crippen LogP contribution in [0.1, 0.15) is 12.0 Å². The molecule has 0 unspecified atom stereocenters. The van der Waals surface area contributed by atoms with Crippen molar-refractivity contribution in [1.82, 2.24) is 4.98 Å². The van der Waals surface area contributed by atoms with Crippen LogP contribution in [0.4, 0.5) is 20.2 Å². The van der Waals surface area contributed by atoms with Crippen LogP contribution < -0.4 is 4.90 Å². The molecule has 2 N–H and O–H groups in total. The molecular formula is C20H17F2N3O. The average Bonchev–Trinajstić information content (AvgIpc) is 2.95. The van der Waals surface area contributed by atoms with E-state index in [1.54, 1.807) is 18.2 Å². The highest BCUT2D eigenvalue weighted by Gasteiger charge is 2.13. The zero-order valence-electron chi connectivity index (χ0n) is 13.9. The first kappa shape index (κ1) is 16.3. The smallest absolute Gasteiger partial charge is 0.198 e. The summed E-state index contributed by atoms with van der Waals surface area (Å²) in [6, 6.07) is 9.00. The summed E-state index contributed by atoms with van der Waals surface area (Å²) in [6.45, 7) is 1.48. The minimum absolute atomic E-state index is 0.105. The van der Waals surface area contributed by atoms with Gasteiger partial charge in [-0.15, -0.1) is 0 Å². The third-order valence-electron chi connectivity index (χ3n) is 4.45. The molecule has 0 bridgehead atoms. The topological polar surface area (TPSA) is 51.6 Å². The van der Waals surface area contributed by atoms with Gasteiger partial charge in [-0.2, -0.15) is 0 Å². The zero-order chi connectivity index (χ0) is 18.1. The fourth-order valence-electron chi connectivity index (χ4n) is 3.14. The van der Waals surface area contributed by atoms with Crippen molar-refractivity contribution in [3.05, 3.63) is 65.7 Å². The maximum atomic E-state index is 14.4. The van der Waals surface area contributed by atoms with Crippen molar-refractivity contribution in [3.8, 4) is 5.88 Å². The van der Waals surface area contributed by atoms with Gasteiger partial charge in [0.25, 0.3) is 0 Å². The highest BCUT2D eigenvalue weighted by atomic mass is 19.1. The first-order valence-corrected chi connectivity index (χ1v) is 8.35. The number of hydrogen-bond acceptors (Lipinski definition) is 3. The quantitative estimate of drug-likeness (QED) is 0.531. The summed E-state index contributed by atoms with van der Waals surface area (Å²) in [4.78, 5) is 8.94. The number of nitrogens with one attached hydrogen (secondary N) is 1. The van der Waals surface area contributed by atoms with E-state index in [4.69, 9.17) is 0 Å². The third kappa shape index (κ3) is 3.06. The Hall–Kier alpha value is -3.15. The SMILES string of the molecule is Oc1[nH]c2cc(F)ccc2c1C=Nc1ccc(N2CC=CCC2)c(F)c1. The van der Waals surface area contributed by atoms with Crippen LogP contribution >= 0.6 is 0 Å². The number of hydrogen-bond donors (Lipinski definition) is 2. The standard InChI is InChI=1S/C20H17F2N3O/c21-13-4-6-15-16(20(26)24-18(15)10-13)12-23-14-5-7-19(17(22)11-14)25-8-2-1-3-9-25/h1-2,4-7,10-12,24,26H,3,8-9H2. The summed E-state index contributed by atoms with van der Waals surface area (Å²) in [6.07, 6.45) is 6.47. The zero-order valence-corrected chi connectivity index (χ0v) is 13.9.